The van der Waals surface area contributed by atoms with E-state index in [4.69, 9.17) is 0 Å². The normalized spacial score (nSPS) is 11.2. The van der Waals surface area contributed by atoms with Crippen molar-refractivity contribution in [3.63, 3.8) is 0 Å². The quantitative estimate of drug-likeness (QED) is 0.459. The number of halogens is 1. The summed E-state index contributed by atoms with van der Waals surface area (Å²) in [6.07, 6.45) is 0. The molecule has 1 aromatic heterocycles. The van der Waals surface area contributed by atoms with E-state index in [0.29, 0.717) is 0 Å². The van der Waals surface area contributed by atoms with Gasteiger partial charge in [0.15, 0.2) is 0 Å². The van der Waals surface area contributed by atoms with Crippen LogP contribution in [0.4, 0.5) is 0 Å². The average Bonchev–Trinajstić information content (AvgIpc) is 2.89. The number of rotatable bonds is 1. The van der Waals surface area contributed by atoms with E-state index in [9.17, 15) is 0 Å². The highest BCUT2D eigenvalue weighted by atomic mass is 79.9. The molecule has 0 atom stereocenters. The van der Waals surface area contributed by atoms with Gasteiger partial charge in [-0.15, -0.1) is 0 Å². The Morgan fingerprint density at radius 2 is 1.60 bits per heavy atom. The van der Waals surface area contributed by atoms with Gasteiger partial charge in [-0.05, 0) is 29.0 Å². The van der Waals surface area contributed by atoms with Gasteiger partial charge in [0.25, 0.3) is 0 Å². The first kappa shape index (κ1) is 11.7. The molecule has 4 rings (SSSR count). The molecule has 0 radical (unpaired) electrons. The van der Waals surface area contributed by atoms with Gasteiger partial charge < -0.3 is 4.98 Å². The van der Waals surface area contributed by atoms with E-state index in [2.05, 4.69) is 87.6 Å². The number of hydrogen-bond acceptors (Lipinski definition) is 0. The van der Waals surface area contributed by atoms with Crippen LogP contribution in [0, 0.1) is 0 Å². The molecular weight excluding hydrogens is 310 g/mol. The number of aromatic amines is 1. The smallest absolute Gasteiger partial charge is 0.0471 e. The van der Waals surface area contributed by atoms with Crippen LogP contribution < -0.4 is 0 Å². The summed E-state index contributed by atoms with van der Waals surface area (Å²) >= 11 is 3.52. The standard InChI is InChI=1S/C18H12BrN/c19-14-9-8-13-10-18(20-17(13)11-14)16-7-3-5-12-4-1-2-6-15(12)16/h1-11,20H. The molecule has 4 aromatic rings. The maximum atomic E-state index is 3.52. The van der Waals surface area contributed by atoms with Crippen LogP contribution in [0.1, 0.15) is 0 Å². The van der Waals surface area contributed by atoms with Crippen molar-refractivity contribution < 1.29 is 0 Å². The molecule has 96 valence electrons. The minimum Gasteiger partial charge on any atom is -0.354 e. The first-order valence-electron chi connectivity index (χ1n) is 6.58. The van der Waals surface area contributed by atoms with Crippen molar-refractivity contribution in [2.75, 3.05) is 0 Å². The zero-order valence-electron chi connectivity index (χ0n) is 10.7. The minimum absolute atomic E-state index is 1.09. The third-order valence-corrected chi connectivity index (χ3v) is 4.16. The molecule has 0 fully saturated rings. The highest BCUT2D eigenvalue weighted by Crippen LogP contribution is 2.31. The summed E-state index contributed by atoms with van der Waals surface area (Å²) in [7, 11) is 0. The largest absolute Gasteiger partial charge is 0.354 e. The monoisotopic (exact) mass is 321 g/mol. The van der Waals surface area contributed by atoms with E-state index in [1.54, 1.807) is 0 Å². The summed E-state index contributed by atoms with van der Waals surface area (Å²) in [5.41, 5.74) is 3.56. The van der Waals surface area contributed by atoms with Crippen LogP contribution in [0.25, 0.3) is 32.9 Å². The molecule has 1 heterocycles. The molecule has 0 aliphatic carbocycles. The van der Waals surface area contributed by atoms with E-state index in [1.807, 2.05) is 0 Å². The third kappa shape index (κ3) is 1.84. The topological polar surface area (TPSA) is 15.8 Å². The lowest BCUT2D eigenvalue weighted by molar-refractivity contribution is 1.46. The lowest BCUT2D eigenvalue weighted by Crippen LogP contribution is -1.80. The second kappa shape index (κ2) is 4.50. The summed E-state index contributed by atoms with van der Waals surface area (Å²) in [6.45, 7) is 0. The summed E-state index contributed by atoms with van der Waals surface area (Å²) in [6, 6.07) is 23.4. The van der Waals surface area contributed by atoms with Gasteiger partial charge in [0, 0.05) is 26.6 Å². The maximum Gasteiger partial charge on any atom is 0.0471 e. The first-order valence-corrected chi connectivity index (χ1v) is 7.37. The molecule has 20 heavy (non-hydrogen) atoms. The molecule has 0 spiro atoms. The van der Waals surface area contributed by atoms with E-state index < -0.39 is 0 Å². The van der Waals surface area contributed by atoms with Gasteiger partial charge in [0.2, 0.25) is 0 Å². The molecule has 0 aliphatic rings. The number of hydrogen-bond donors (Lipinski definition) is 1. The molecule has 0 amide bonds. The average molecular weight is 322 g/mol. The number of fused-ring (bicyclic) bond motifs is 2. The molecule has 0 saturated heterocycles. The lowest BCUT2D eigenvalue weighted by Gasteiger charge is -2.04. The minimum atomic E-state index is 1.09. The van der Waals surface area contributed by atoms with E-state index in [1.165, 1.54) is 21.7 Å². The van der Waals surface area contributed by atoms with Gasteiger partial charge in [0.1, 0.15) is 0 Å². The Labute approximate surface area is 125 Å². The zero-order chi connectivity index (χ0) is 13.5. The molecule has 1 nitrogen and oxygen atoms in total. The fraction of sp³-hybridized carbons (Fsp3) is 0. The van der Waals surface area contributed by atoms with Crippen molar-refractivity contribution in [2.24, 2.45) is 0 Å². The van der Waals surface area contributed by atoms with Crippen LogP contribution in [-0.2, 0) is 0 Å². The fourth-order valence-electron chi connectivity index (χ4n) is 2.70. The molecule has 2 heteroatoms. The summed E-state index contributed by atoms with van der Waals surface area (Å²) in [5, 5.41) is 3.78. The number of H-pyrrole nitrogens is 1. The predicted molar refractivity (Wildman–Crippen MR) is 88.9 cm³/mol. The lowest BCUT2D eigenvalue weighted by atomic mass is 10.0. The van der Waals surface area contributed by atoms with Crippen LogP contribution in [0.15, 0.2) is 71.2 Å². The van der Waals surface area contributed by atoms with Crippen molar-refractivity contribution in [3.8, 4) is 11.3 Å². The van der Waals surface area contributed by atoms with Gasteiger partial charge in [-0.2, -0.15) is 0 Å². The zero-order valence-corrected chi connectivity index (χ0v) is 12.3. The van der Waals surface area contributed by atoms with Gasteiger partial charge in [-0.1, -0.05) is 64.5 Å². The number of aromatic nitrogens is 1. The summed E-state index contributed by atoms with van der Waals surface area (Å²) in [5.74, 6) is 0. The molecule has 0 bridgehead atoms. The molecular formula is C18H12BrN. The van der Waals surface area contributed by atoms with Crippen LogP contribution in [0.2, 0.25) is 0 Å². The van der Waals surface area contributed by atoms with E-state index >= 15 is 0 Å². The molecule has 0 aliphatic heterocycles. The summed E-state index contributed by atoms with van der Waals surface area (Å²) in [4.78, 5) is 3.51. The number of benzene rings is 3. The van der Waals surface area contributed by atoms with Gasteiger partial charge in [-0.25, -0.2) is 0 Å². The molecule has 3 aromatic carbocycles. The summed E-state index contributed by atoms with van der Waals surface area (Å²) < 4.78 is 1.09. The van der Waals surface area contributed by atoms with Gasteiger partial charge >= 0.3 is 0 Å². The predicted octanol–water partition coefficient (Wildman–Crippen LogP) is 5.75. The Hall–Kier alpha value is -2.06. The van der Waals surface area contributed by atoms with Crippen molar-refractivity contribution in [2.45, 2.75) is 0 Å². The number of nitrogens with one attached hydrogen (secondary N) is 1. The van der Waals surface area contributed by atoms with Crippen molar-refractivity contribution in [1.29, 1.82) is 0 Å². The Morgan fingerprint density at radius 1 is 0.750 bits per heavy atom. The Kier molecular flexibility index (Phi) is 2.64. The van der Waals surface area contributed by atoms with Crippen LogP contribution in [0.5, 0.6) is 0 Å². The third-order valence-electron chi connectivity index (χ3n) is 3.66. The molecule has 0 saturated carbocycles. The molecule has 1 N–H and O–H groups in total. The van der Waals surface area contributed by atoms with Gasteiger partial charge in [0.05, 0.1) is 0 Å². The van der Waals surface area contributed by atoms with Crippen LogP contribution in [0.3, 0.4) is 0 Å². The highest BCUT2D eigenvalue weighted by Gasteiger charge is 2.07. The van der Waals surface area contributed by atoms with Crippen LogP contribution in [-0.4, -0.2) is 4.98 Å². The SMILES string of the molecule is Brc1ccc2cc(-c3cccc4ccccc34)[nH]c2c1. The first-order chi connectivity index (χ1) is 9.81. The fourth-order valence-corrected chi connectivity index (χ4v) is 3.07. The van der Waals surface area contributed by atoms with Crippen LogP contribution >= 0.6 is 15.9 Å². The second-order valence-corrected chi connectivity index (χ2v) is 5.86. The van der Waals surface area contributed by atoms with Crippen molar-refractivity contribution in [1.82, 2.24) is 4.98 Å². The van der Waals surface area contributed by atoms with Crippen molar-refractivity contribution in [3.05, 3.63) is 71.2 Å². The Balaban J connectivity index is 2.01. The second-order valence-electron chi connectivity index (χ2n) is 4.94. The van der Waals surface area contributed by atoms with Crippen molar-refractivity contribution >= 4 is 37.6 Å². The van der Waals surface area contributed by atoms with Gasteiger partial charge in [-0.3, -0.25) is 0 Å². The Bertz CT molecular complexity index is 916. The maximum absolute atomic E-state index is 3.52. The molecule has 0 unspecified atom stereocenters. The van der Waals surface area contributed by atoms with E-state index in [-0.39, 0.29) is 0 Å². The highest BCUT2D eigenvalue weighted by molar-refractivity contribution is 9.10. The Morgan fingerprint density at radius 3 is 2.55 bits per heavy atom. The van der Waals surface area contributed by atoms with E-state index in [0.717, 1.165) is 15.7 Å².